The number of hydrogen-bond acceptors (Lipinski definition) is 2. The van der Waals surface area contributed by atoms with Gasteiger partial charge in [-0.3, -0.25) is 4.98 Å². The maximum Gasteiger partial charge on any atom is 0.127 e. The standard InChI is InChI=1S/C21H29NO/c1-4-6-7-10-18-15-22-14-13-19(18)20-11-8-9-12-21(20)23-16-17(3)5-2/h8-9,11-15,17H,4-7,10,16H2,1-3H3. The first-order chi connectivity index (χ1) is 11.3. The number of aromatic nitrogens is 1. The lowest BCUT2D eigenvalue weighted by atomic mass is 9.97. The van der Waals surface area contributed by atoms with E-state index in [1.165, 1.54) is 36.0 Å². The Kier molecular flexibility index (Phi) is 7.12. The van der Waals surface area contributed by atoms with E-state index in [-0.39, 0.29) is 0 Å². The molecule has 0 aliphatic carbocycles. The number of benzene rings is 1. The Balaban J connectivity index is 2.24. The molecular weight excluding hydrogens is 282 g/mol. The average Bonchev–Trinajstić information content (AvgIpc) is 2.60. The quantitative estimate of drug-likeness (QED) is 0.537. The van der Waals surface area contributed by atoms with Crippen LogP contribution in [0.1, 0.15) is 52.0 Å². The summed E-state index contributed by atoms with van der Waals surface area (Å²) in [4.78, 5) is 4.33. The van der Waals surface area contributed by atoms with E-state index in [1.807, 2.05) is 18.5 Å². The Morgan fingerprint density at radius 2 is 1.87 bits per heavy atom. The molecule has 2 heteroatoms. The molecule has 0 aliphatic rings. The minimum absolute atomic E-state index is 0.574. The van der Waals surface area contributed by atoms with Crippen molar-refractivity contribution in [3.8, 4) is 16.9 Å². The fourth-order valence-electron chi connectivity index (χ4n) is 2.62. The van der Waals surface area contributed by atoms with E-state index in [0.29, 0.717) is 5.92 Å². The van der Waals surface area contributed by atoms with Gasteiger partial charge in [-0.25, -0.2) is 0 Å². The van der Waals surface area contributed by atoms with E-state index in [2.05, 4.69) is 50.0 Å². The lowest BCUT2D eigenvalue weighted by Crippen LogP contribution is -2.08. The molecule has 0 spiro atoms. The topological polar surface area (TPSA) is 22.1 Å². The third-order valence-corrected chi connectivity index (χ3v) is 4.35. The summed E-state index contributed by atoms with van der Waals surface area (Å²) >= 11 is 0. The molecule has 2 nitrogen and oxygen atoms in total. The molecule has 0 bridgehead atoms. The van der Waals surface area contributed by atoms with Gasteiger partial charge >= 0.3 is 0 Å². The highest BCUT2D eigenvalue weighted by molar-refractivity contribution is 5.72. The van der Waals surface area contributed by atoms with Crippen molar-refractivity contribution < 1.29 is 4.74 Å². The molecular formula is C21H29NO. The number of hydrogen-bond donors (Lipinski definition) is 0. The van der Waals surface area contributed by atoms with Gasteiger partial charge in [-0.05, 0) is 42.0 Å². The van der Waals surface area contributed by atoms with Crippen molar-refractivity contribution >= 4 is 0 Å². The van der Waals surface area contributed by atoms with Crippen LogP contribution in [-0.4, -0.2) is 11.6 Å². The minimum Gasteiger partial charge on any atom is -0.493 e. The molecule has 0 fully saturated rings. The summed E-state index contributed by atoms with van der Waals surface area (Å²) < 4.78 is 6.10. The molecule has 1 aromatic carbocycles. The maximum absolute atomic E-state index is 6.10. The molecule has 23 heavy (non-hydrogen) atoms. The normalized spacial score (nSPS) is 12.1. The van der Waals surface area contributed by atoms with Crippen LogP contribution in [0.2, 0.25) is 0 Å². The van der Waals surface area contributed by atoms with Crippen LogP contribution in [0.15, 0.2) is 42.7 Å². The Labute approximate surface area is 140 Å². The van der Waals surface area contributed by atoms with Gasteiger partial charge in [0.15, 0.2) is 0 Å². The highest BCUT2D eigenvalue weighted by atomic mass is 16.5. The van der Waals surface area contributed by atoms with E-state index < -0.39 is 0 Å². The van der Waals surface area contributed by atoms with E-state index >= 15 is 0 Å². The summed E-state index contributed by atoms with van der Waals surface area (Å²) in [6.45, 7) is 7.44. The number of unbranched alkanes of at least 4 members (excludes halogenated alkanes) is 2. The van der Waals surface area contributed by atoms with E-state index in [4.69, 9.17) is 4.74 Å². The Morgan fingerprint density at radius 1 is 1.04 bits per heavy atom. The van der Waals surface area contributed by atoms with Crippen LogP contribution >= 0.6 is 0 Å². The fourth-order valence-corrected chi connectivity index (χ4v) is 2.62. The highest BCUT2D eigenvalue weighted by Gasteiger charge is 2.11. The van der Waals surface area contributed by atoms with Crippen molar-refractivity contribution in [1.29, 1.82) is 0 Å². The molecule has 1 unspecified atom stereocenters. The molecule has 0 N–H and O–H groups in total. The number of ether oxygens (including phenoxy) is 1. The first-order valence-electron chi connectivity index (χ1n) is 8.91. The van der Waals surface area contributed by atoms with Crippen LogP contribution in [0.3, 0.4) is 0 Å². The predicted molar refractivity (Wildman–Crippen MR) is 97.9 cm³/mol. The second-order valence-corrected chi connectivity index (χ2v) is 6.31. The fraction of sp³-hybridized carbons (Fsp3) is 0.476. The number of aryl methyl sites for hydroxylation is 1. The van der Waals surface area contributed by atoms with E-state index in [9.17, 15) is 0 Å². The molecule has 1 aromatic heterocycles. The molecule has 2 rings (SSSR count). The van der Waals surface area contributed by atoms with Crippen LogP contribution in [-0.2, 0) is 6.42 Å². The first kappa shape index (κ1) is 17.5. The first-order valence-corrected chi connectivity index (χ1v) is 8.91. The van der Waals surface area contributed by atoms with Gasteiger partial charge in [-0.2, -0.15) is 0 Å². The molecule has 0 saturated carbocycles. The van der Waals surface area contributed by atoms with Gasteiger partial charge < -0.3 is 4.74 Å². The van der Waals surface area contributed by atoms with E-state index in [0.717, 1.165) is 25.2 Å². The second kappa shape index (κ2) is 9.34. The molecule has 1 atom stereocenters. The summed E-state index contributed by atoms with van der Waals surface area (Å²) in [5.74, 6) is 1.56. The van der Waals surface area contributed by atoms with Crippen LogP contribution in [0.25, 0.3) is 11.1 Å². The summed E-state index contributed by atoms with van der Waals surface area (Å²) in [7, 11) is 0. The van der Waals surface area contributed by atoms with Gasteiger partial charge in [-0.1, -0.05) is 58.2 Å². The van der Waals surface area contributed by atoms with Gasteiger partial charge in [0, 0.05) is 18.0 Å². The van der Waals surface area contributed by atoms with Crippen molar-refractivity contribution in [2.45, 2.75) is 52.9 Å². The zero-order chi connectivity index (χ0) is 16.5. The Bertz CT molecular complexity index is 594. The predicted octanol–water partition coefficient (Wildman–Crippen LogP) is 5.91. The van der Waals surface area contributed by atoms with Crippen LogP contribution in [0.4, 0.5) is 0 Å². The van der Waals surface area contributed by atoms with Crippen molar-refractivity contribution in [1.82, 2.24) is 4.98 Å². The van der Waals surface area contributed by atoms with E-state index in [1.54, 1.807) is 0 Å². The van der Waals surface area contributed by atoms with Gasteiger partial charge in [0.2, 0.25) is 0 Å². The van der Waals surface area contributed by atoms with Gasteiger partial charge in [0.25, 0.3) is 0 Å². The van der Waals surface area contributed by atoms with Gasteiger partial charge in [-0.15, -0.1) is 0 Å². The van der Waals surface area contributed by atoms with Crippen molar-refractivity contribution in [2.75, 3.05) is 6.61 Å². The third-order valence-electron chi connectivity index (χ3n) is 4.35. The lowest BCUT2D eigenvalue weighted by molar-refractivity contribution is 0.257. The largest absolute Gasteiger partial charge is 0.493 e. The zero-order valence-electron chi connectivity index (χ0n) is 14.7. The smallest absolute Gasteiger partial charge is 0.127 e. The van der Waals surface area contributed by atoms with Crippen molar-refractivity contribution in [3.05, 3.63) is 48.3 Å². The Morgan fingerprint density at radius 3 is 2.65 bits per heavy atom. The molecule has 0 amide bonds. The SMILES string of the molecule is CCCCCc1cnccc1-c1ccccc1OCC(C)CC. The number of pyridine rings is 1. The minimum atomic E-state index is 0.574. The van der Waals surface area contributed by atoms with Crippen LogP contribution < -0.4 is 4.74 Å². The molecule has 0 aliphatic heterocycles. The highest BCUT2D eigenvalue weighted by Crippen LogP contribution is 2.33. The van der Waals surface area contributed by atoms with Crippen molar-refractivity contribution in [2.24, 2.45) is 5.92 Å². The number of rotatable bonds is 9. The summed E-state index contributed by atoms with van der Waals surface area (Å²) in [5.41, 5.74) is 3.76. The summed E-state index contributed by atoms with van der Waals surface area (Å²) in [6.07, 6.45) is 9.83. The second-order valence-electron chi connectivity index (χ2n) is 6.31. The number of para-hydroxylation sites is 1. The third kappa shape index (κ3) is 5.09. The molecule has 124 valence electrons. The van der Waals surface area contributed by atoms with Crippen LogP contribution in [0.5, 0.6) is 5.75 Å². The van der Waals surface area contributed by atoms with Crippen molar-refractivity contribution in [3.63, 3.8) is 0 Å². The van der Waals surface area contributed by atoms with Gasteiger partial charge in [0.05, 0.1) is 6.61 Å². The molecule has 0 radical (unpaired) electrons. The lowest BCUT2D eigenvalue weighted by Gasteiger charge is -2.16. The summed E-state index contributed by atoms with van der Waals surface area (Å²) in [6, 6.07) is 10.5. The zero-order valence-corrected chi connectivity index (χ0v) is 14.7. The van der Waals surface area contributed by atoms with Gasteiger partial charge in [0.1, 0.15) is 5.75 Å². The summed E-state index contributed by atoms with van der Waals surface area (Å²) in [5, 5.41) is 0. The number of nitrogens with zero attached hydrogens (tertiary/aromatic N) is 1. The van der Waals surface area contributed by atoms with Crippen LogP contribution in [0, 0.1) is 5.92 Å². The Hall–Kier alpha value is -1.83. The molecule has 0 saturated heterocycles. The monoisotopic (exact) mass is 311 g/mol. The molecule has 1 heterocycles. The molecule has 2 aromatic rings. The maximum atomic E-state index is 6.10. The average molecular weight is 311 g/mol.